The third-order valence-electron chi connectivity index (χ3n) is 5.96. The van der Waals surface area contributed by atoms with Gasteiger partial charge in [-0.15, -0.1) is 0 Å². The normalized spacial score (nSPS) is 14.7. The molecule has 1 heterocycles. The summed E-state index contributed by atoms with van der Waals surface area (Å²) in [4.78, 5) is 26.2. The third kappa shape index (κ3) is 8.97. The molecule has 0 unspecified atom stereocenters. The number of carbonyl (C=O) groups is 2. The van der Waals surface area contributed by atoms with Gasteiger partial charge in [-0.2, -0.15) is 13.2 Å². The maximum absolute atomic E-state index is 13.4. The van der Waals surface area contributed by atoms with Gasteiger partial charge in [-0.25, -0.2) is 9.18 Å². The van der Waals surface area contributed by atoms with E-state index in [1.54, 1.807) is 6.07 Å². The molecule has 0 radical (unpaired) electrons. The van der Waals surface area contributed by atoms with Crippen LogP contribution in [0.3, 0.4) is 0 Å². The van der Waals surface area contributed by atoms with E-state index in [0.717, 1.165) is 37.3 Å². The summed E-state index contributed by atoms with van der Waals surface area (Å²) in [7, 11) is 2.19. The summed E-state index contributed by atoms with van der Waals surface area (Å²) in [5, 5.41) is 9.98. The lowest BCUT2D eigenvalue weighted by molar-refractivity contribution is -0.192. The van der Waals surface area contributed by atoms with Crippen LogP contribution in [0.15, 0.2) is 72.8 Å². The molecule has 3 aromatic rings. The standard InChI is InChI=1S/C26H28FN3O.C2HF3O2/c1-29-13-4-14-30(16-15-29)19-20-9-11-21(12-10-20)22-5-3-8-25(18-22)28-26(31)23-6-2-7-24(27)17-23;3-2(4,5)1(6)7/h2-3,5-12,17-18H,4,13-16,19H2,1H3,(H,28,31);(H,6,7). The highest BCUT2D eigenvalue weighted by Crippen LogP contribution is 2.24. The van der Waals surface area contributed by atoms with Crippen molar-refractivity contribution in [2.45, 2.75) is 19.1 Å². The summed E-state index contributed by atoms with van der Waals surface area (Å²) < 4.78 is 45.1. The first-order valence-electron chi connectivity index (χ1n) is 12.0. The van der Waals surface area contributed by atoms with E-state index >= 15 is 0 Å². The van der Waals surface area contributed by atoms with Crippen molar-refractivity contribution >= 4 is 17.6 Å². The lowest BCUT2D eigenvalue weighted by Crippen LogP contribution is -2.28. The number of carbonyl (C=O) groups excluding carboxylic acids is 1. The molecule has 0 atom stereocenters. The first-order valence-corrected chi connectivity index (χ1v) is 12.0. The Labute approximate surface area is 218 Å². The van der Waals surface area contributed by atoms with Crippen molar-refractivity contribution in [1.82, 2.24) is 9.80 Å². The summed E-state index contributed by atoms with van der Waals surface area (Å²) >= 11 is 0. The molecule has 1 amide bonds. The number of halogens is 4. The van der Waals surface area contributed by atoms with Gasteiger partial charge in [0.15, 0.2) is 0 Å². The third-order valence-corrected chi connectivity index (χ3v) is 5.96. The number of carboxylic acids is 1. The number of hydrogen-bond donors (Lipinski definition) is 2. The molecule has 10 heteroatoms. The highest BCUT2D eigenvalue weighted by Gasteiger charge is 2.38. The molecule has 38 heavy (non-hydrogen) atoms. The van der Waals surface area contributed by atoms with Crippen molar-refractivity contribution in [3.8, 4) is 11.1 Å². The van der Waals surface area contributed by atoms with Crippen LogP contribution in [-0.4, -0.2) is 66.2 Å². The van der Waals surface area contributed by atoms with Gasteiger partial charge in [0, 0.05) is 30.9 Å². The van der Waals surface area contributed by atoms with Gasteiger partial charge < -0.3 is 15.3 Å². The largest absolute Gasteiger partial charge is 0.490 e. The number of anilines is 1. The average molecular weight is 532 g/mol. The Hall–Kier alpha value is -3.76. The maximum atomic E-state index is 13.4. The summed E-state index contributed by atoms with van der Waals surface area (Å²) in [6.07, 6.45) is -3.87. The second kappa shape index (κ2) is 13.2. The fraction of sp³-hybridized carbons (Fsp3) is 0.286. The molecule has 1 saturated heterocycles. The van der Waals surface area contributed by atoms with E-state index in [-0.39, 0.29) is 5.91 Å². The Kier molecular flexibility index (Phi) is 9.98. The van der Waals surface area contributed by atoms with Crippen LogP contribution in [0.1, 0.15) is 22.3 Å². The number of aliphatic carboxylic acids is 1. The van der Waals surface area contributed by atoms with Crippen molar-refractivity contribution in [2.75, 3.05) is 38.5 Å². The predicted molar refractivity (Wildman–Crippen MR) is 137 cm³/mol. The number of carboxylic acid groups (broad SMARTS) is 1. The Bertz CT molecular complexity index is 1230. The Morgan fingerprint density at radius 1 is 0.895 bits per heavy atom. The minimum absolute atomic E-state index is 0.300. The van der Waals surface area contributed by atoms with Gasteiger partial charge in [-0.05, 0) is 73.6 Å². The van der Waals surface area contributed by atoms with E-state index in [0.29, 0.717) is 11.3 Å². The molecule has 0 saturated carbocycles. The summed E-state index contributed by atoms with van der Waals surface area (Å²) in [5.74, 6) is -3.50. The Morgan fingerprint density at radius 3 is 2.24 bits per heavy atom. The predicted octanol–water partition coefficient (Wildman–Crippen LogP) is 5.52. The van der Waals surface area contributed by atoms with E-state index in [2.05, 4.69) is 46.4 Å². The molecule has 1 fully saturated rings. The molecule has 2 N–H and O–H groups in total. The first-order chi connectivity index (χ1) is 18.0. The van der Waals surface area contributed by atoms with Crippen molar-refractivity contribution in [1.29, 1.82) is 0 Å². The van der Waals surface area contributed by atoms with E-state index in [9.17, 15) is 22.4 Å². The van der Waals surface area contributed by atoms with Gasteiger partial charge >= 0.3 is 12.1 Å². The maximum Gasteiger partial charge on any atom is 0.490 e. The molecule has 0 spiro atoms. The fourth-order valence-electron chi connectivity index (χ4n) is 3.93. The zero-order valence-electron chi connectivity index (χ0n) is 20.8. The second-order valence-corrected chi connectivity index (χ2v) is 8.98. The minimum atomic E-state index is -5.08. The van der Waals surface area contributed by atoms with Gasteiger partial charge in [0.05, 0.1) is 0 Å². The molecule has 0 aliphatic carbocycles. The summed E-state index contributed by atoms with van der Waals surface area (Å²) in [6, 6.07) is 22.0. The molecule has 1 aliphatic heterocycles. The van der Waals surface area contributed by atoms with E-state index < -0.39 is 18.0 Å². The summed E-state index contributed by atoms with van der Waals surface area (Å²) in [5.41, 5.74) is 4.42. The Morgan fingerprint density at radius 2 is 1.58 bits per heavy atom. The highest BCUT2D eigenvalue weighted by molar-refractivity contribution is 6.04. The van der Waals surface area contributed by atoms with E-state index in [1.807, 2.05) is 24.3 Å². The van der Waals surface area contributed by atoms with Crippen LogP contribution in [-0.2, 0) is 11.3 Å². The van der Waals surface area contributed by atoms with Gasteiger partial charge in [0.2, 0.25) is 0 Å². The van der Waals surface area contributed by atoms with E-state index in [4.69, 9.17) is 9.90 Å². The summed E-state index contributed by atoms with van der Waals surface area (Å²) in [6.45, 7) is 5.50. The molecule has 202 valence electrons. The van der Waals surface area contributed by atoms with Gasteiger partial charge in [0.25, 0.3) is 5.91 Å². The van der Waals surface area contributed by atoms with Crippen molar-refractivity contribution < 1.29 is 32.3 Å². The van der Waals surface area contributed by atoms with Crippen molar-refractivity contribution in [3.63, 3.8) is 0 Å². The molecule has 4 rings (SSSR count). The average Bonchev–Trinajstić information content (AvgIpc) is 3.08. The molecular weight excluding hydrogens is 502 g/mol. The molecule has 0 aromatic heterocycles. The number of amides is 1. The monoisotopic (exact) mass is 531 g/mol. The Balaban J connectivity index is 0.000000505. The number of nitrogens with zero attached hydrogens (tertiary/aromatic N) is 2. The quantitative estimate of drug-likeness (QED) is 0.425. The number of hydrogen-bond acceptors (Lipinski definition) is 4. The second-order valence-electron chi connectivity index (χ2n) is 8.98. The zero-order chi connectivity index (χ0) is 27.7. The fourth-order valence-corrected chi connectivity index (χ4v) is 3.93. The van der Waals surface area contributed by atoms with Gasteiger partial charge in [0.1, 0.15) is 5.82 Å². The molecule has 1 aliphatic rings. The van der Waals surface area contributed by atoms with Crippen molar-refractivity contribution in [3.05, 3.63) is 89.7 Å². The number of benzene rings is 3. The van der Waals surface area contributed by atoms with Crippen LogP contribution in [0.5, 0.6) is 0 Å². The molecule has 3 aromatic carbocycles. The topological polar surface area (TPSA) is 72.9 Å². The smallest absolute Gasteiger partial charge is 0.475 e. The number of rotatable bonds is 5. The van der Waals surface area contributed by atoms with Crippen molar-refractivity contribution in [2.24, 2.45) is 0 Å². The number of nitrogens with one attached hydrogen (secondary N) is 1. The van der Waals surface area contributed by atoms with Gasteiger partial charge in [-0.3, -0.25) is 9.69 Å². The van der Waals surface area contributed by atoms with Crippen LogP contribution >= 0.6 is 0 Å². The van der Waals surface area contributed by atoms with Crippen LogP contribution in [0.4, 0.5) is 23.2 Å². The van der Waals surface area contributed by atoms with E-state index in [1.165, 1.54) is 36.7 Å². The highest BCUT2D eigenvalue weighted by atomic mass is 19.4. The van der Waals surface area contributed by atoms with Gasteiger partial charge in [-0.1, -0.05) is 42.5 Å². The molecule has 6 nitrogen and oxygen atoms in total. The first kappa shape index (κ1) is 28.8. The van der Waals surface area contributed by atoms with Crippen LogP contribution in [0.2, 0.25) is 0 Å². The lowest BCUT2D eigenvalue weighted by atomic mass is 10.0. The number of alkyl halides is 3. The van der Waals surface area contributed by atoms with Crippen LogP contribution < -0.4 is 5.32 Å². The zero-order valence-corrected chi connectivity index (χ0v) is 20.8. The molecular formula is C28H29F4N3O3. The molecule has 0 bridgehead atoms. The lowest BCUT2D eigenvalue weighted by Gasteiger charge is -2.20. The minimum Gasteiger partial charge on any atom is -0.475 e. The van der Waals surface area contributed by atoms with Crippen LogP contribution in [0.25, 0.3) is 11.1 Å². The SMILES string of the molecule is CN1CCCN(Cc2ccc(-c3cccc(NC(=O)c4cccc(F)c4)c3)cc2)CC1.O=C(O)C(F)(F)F. The van der Waals surface area contributed by atoms with Crippen LogP contribution in [0, 0.1) is 5.82 Å². The number of likely N-dealkylation sites (N-methyl/N-ethyl adjacent to an activating group) is 1.